The summed E-state index contributed by atoms with van der Waals surface area (Å²) in [5, 5.41) is 0. The van der Waals surface area contributed by atoms with Gasteiger partial charge in [0.2, 0.25) is 0 Å². The minimum atomic E-state index is -3.47. The Bertz CT molecular complexity index is 201. The molecule has 0 aromatic carbocycles. The normalized spacial score (nSPS) is 12.3. The Kier molecular flexibility index (Phi) is 5.27. The molecule has 0 aromatic rings. The highest BCUT2D eigenvalue weighted by molar-refractivity contribution is 7.85. The molecule has 12 heavy (non-hydrogen) atoms. The molecule has 0 atom stereocenters. The second-order valence-corrected chi connectivity index (χ2v) is 3.66. The van der Waals surface area contributed by atoms with Crippen LogP contribution in [0.15, 0.2) is 0 Å². The lowest BCUT2D eigenvalue weighted by Crippen LogP contribution is -2.08. The summed E-state index contributed by atoms with van der Waals surface area (Å²) in [6.45, 7) is -3.16. The molecule has 0 heterocycles. The molecule has 0 unspecified atom stereocenters. The number of ether oxygens (including phenoxy) is 1. The summed E-state index contributed by atoms with van der Waals surface area (Å²) in [5.41, 5.74) is 0. The minimum Gasteiger partial charge on any atom is -0.323 e. The molecule has 7 heteroatoms. The number of rotatable bonds is 6. The minimum absolute atomic E-state index is 0.122. The molecule has 0 rings (SSSR count). The van der Waals surface area contributed by atoms with Gasteiger partial charge in [0.1, 0.15) is 0 Å². The summed E-state index contributed by atoms with van der Waals surface area (Å²) >= 11 is 0. The van der Waals surface area contributed by atoms with Crippen LogP contribution in [0.1, 0.15) is 6.42 Å². The average Bonchev–Trinajstić information content (AvgIpc) is 1.83. The predicted molar refractivity (Wildman–Crippen MR) is 37.4 cm³/mol. The van der Waals surface area contributed by atoms with E-state index in [1.54, 1.807) is 0 Å². The standard InChI is InChI=1S/C5H10F2O4S/c1-12(8,9)11-4-2-3-10-5(6)7/h5H,2-4H2,1H3. The third kappa shape index (κ3) is 9.73. The zero-order chi connectivity index (χ0) is 9.61. The molecule has 0 amide bonds. The highest BCUT2D eigenvalue weighted by Crippen LogP contribution is 1.96. The van der Waals surface area contributed by atoms with Crippen molar-refractivity contribution < 1.29 is 26.1 Å². The molecule has 0 aliphatic rings. The average molecular weight is 204 g/mol. The van der Waals surface area contributed by atoms with Gasteiger partial charge in [-0.2, -0.15) is 17.2 Å². The topological polar surface area (TPSA) is 52.6 Å². The second-order valence-electron chi connectivity index (χ2n) is 2.01. The van der Waals surface area contributed by atoms with E-state index in [1.807, 2.05) is 0 Å². The quantitative estimate of drug-likeness (QED) is 0.469. The van der Waals surface area contributed by atoms with Crippen molar-refractivity contribution in [3.63, 3.8) is 0 Å². The third-order valence-corrected chi connectivity index (χ3v) is 1.42. The number of hydrogen-bond acceptors (Lipinski definition) is 4. The monoisotopic (exact) mass is 204 g/mol. The summed E-state index contributed by atoms with van der Waals surface area (Å²) in [4.78, 5) is 0. The van der Waals surface area contributed by atoms with Gasteiger partial charge in [0.05, 0.1) is 19.5 Å². The van der Waals surface area contributed by atoms with Crippen molar-refractivity contribution in [1.29, 1.82) is 0 Å². The lowest BCUT2D eigenvalue weighted by Gasteiger charge is -2.01. The smallest absolute Gasteiger partial charge is 0.323 e. The Morgan fingerprint density at radius 2 is 1.92 bits per heavy atom. The molecular formula is C5H10F2O4S. The first-order valence-corrected chi connectivity index (χ1v) is 4.97. The predicted octanol–water partition coefficient (Wildman–Crippen LogP) is 0.592. The van der Waals surface area contributed by atoms with Crippen LogP contribution in [0, 0.1) is 0 Å². The molecule has 0 fully saturated rings. The van der Waals surface area contributed by atoms with Crippen LogP contribution in [0.25, 0.3) is 0 Å². The third-order valence-electron chi connectivity index (χ3n) is 0.830. The number of hydrogen-bond donors (Lipinski definition) is 0. The van der Waals surface area contributed by atoms with Gasteiger partial charge in [-0.05, 0) is 6.42 Å². The van der Waals surface area contributed by atoms with Gasteiger partial charge in [-0.1, -0.05) is 0 Å². The molecule has 0 N–H and O–H groups in total. The fourth-order valence-corrected chi connectivity index (χ4v) is 0.862. The zero-order valence-electron chi connectivity index (χ0n) is 6.50. The summed E-state index contributed by atoms with van der Waals surface area (Å²) in [5.74, 6) is 0. The van der Waals surface area contributed by atoms with Crippen molar-refractivity contribution in [1.82, 2.24) is 0 Å². The summed E-state index contributed by atoms with van der Waals surface area (Å²) in [6.07, 6.45) is 1.01. The van der Waals surface area contributed by atoms with E-state index in [2.05, 4.69) is 8.92 Å². The van der Waals surface area contributed by atoms with Crippen molar-refractivity contribution in [2.24, 2.45) is 0 Å². The van der Waals surface area contributed by atoms with Gasteiger partial charge < -0.3 is 4.74 Å². The van der Waals surface area contributed by atoms with Crippen molar-refractivity contribution in [2.75, 3.05) is 19.5 Å². The van der Waals surface area contributed by atoms with Gasteiger partial charge in [-0.25, -0.2) is 0 Å². The maximum absolute atomic E-state index is 11.3. The van der Waals surface area contributed by atoms with Crippen molar-refractivity contribution in [3.8, 4) is 0 Å². The van der Waals surface area contributed by atoms with Gasteiger partial charge >= 0.3 is 6.61 Å². The molecule has 0 aromatic heterocycles. The Morgan fingerprint density at radius 3 is 2.33 bits per heavy atom. The Morgan fingerprint density at radius 1 is 1.33 bits per heavy atom. The molecular weight excluding hydrogens is 194 g/mol. The Labute approximate surface area is 69.6 Å². The van der Waals surface area contributed by atoms with Gasteiger partial charge in [0, 0.05) is 0 Å². The molecule has 4 nitrogen and oxygen atoms in total. The molecule has 74 valence electrons. The first-order chi connectivity index (χ1) is 5.42. The van der Waals surface area contributed by atoms with Crippen molar-refractivity contribution in [2.45, 2.75) is 13.0 Å². The second kappa shape index (κ2) is 5.39. The lowest BCUT2D eigenvalue weighted by molar-refractivity contribution is -0.130. The fraction of sp³-hybridized carbons (Fsp3) is 1.00. The van der Waals surface area contributed by atoms with E-state index in [9.17, 15) is 17.2 Å². The molecule has 0 radical (unpaired) electrons. The molecule has 0 aliphatic carbocycles. The molecule has 0 saturated heterocycles. The van der Waals surface area contributed by atoms with Crippen molar-refractivity contribution in [3.05, 3.63) is 0 Å². The Balaban J connectivity index is 3.23. The van der Waals surface area contributed by atoms with Crippen LogP contribution in [0.3, 0.4) is 0 Å². The first-order valence-electron chi connectivity index (χ1n) is 3.16. The fourth-order valence-electron chi connectivity index (χ4n) is 0.442. The summed E-state index contributed by atoms with van der Waals surface area (Å²) < 4.78 is 51.4. The SMILES string of the molecule is CS(=O)(=O)OCCCOC(F)F. The summed E-state index contributed by atoms with van der Waals surface area (Å²) in [7, 11) is -3.47. The van der Waals surface area contributed by atoms with E-state index in [-0.39, 0.29) is 19.6 Å². The lowest BCUT2D eigenvalue weighted by atomic mass is 10.5. The molecule has 0 aliphatic heterocycles. The van der Waals surface area contributed by atoms with Gasteiger partial charge in [-0.3, -0.25) is 4.18 Å². The van der Waals surface area contributed by atoms with Crippen LogP contribution in [-0.2, 0) is 19.0 Å². The van der Waals surface area contributed by atoms with E-state index in [1.165, 1.54) is 0 Å². The van der Waals surface area contributed by atoms with Gasteiger partial charge in [-0.15, -0.1) is 0 Å². The summed E-state index contributed by atoms with van der Waals surface area (Å²) in [6, 6.07) is 0. The van der Waals surface area contributed by atoms with Crippen LogP contribution < -0.4 is 0 Å². The van der Waals surface area contributed by atoms with Crippen LogP contribution in [0.4, 0.5) is 8.78 Å². The van der Waals surface area contributed by atoms with Crippen LogP contribution in [-0.4, -0.2) is 34.5 Å². The first kappa shape index (κ1) is 11.7. The highest BCUT2D eigenvalue weighted by Gasteiger charge is 2.03. The van der Waals surface area contributed by atoms with Crippen LogP contribution in [0.2, 0.25) is 0 Å². The van der Waals surface area contributed by atoms with Crippen LogP contribution >= 0.6 is 0 Å². The van der Waals surface area contributed by atoms with E-state index in [4.69, 9.17) is 0 Å². The van der Waals surface area contributed by atoms with Crippen molar-refractivity contribution >= 4 is 10.1 Å². The highest BCUT2D eigenvalue weighted by atomic mass is 32.2. The number of halogens is 2. The van der Waals surface area contributed by atoms with Gasteiger partial charge in [0.25, 0.3) is 10.1 Å². The van der Waals surface area contributed by atoms with E-state index in [0.717, 1.165) is 6.26 Å². The molecule has 0 bridgehead atoms. The van der Waals surface area contributed by atoms with E-state index >= 15 is 0 Å². The van der Waals surface area contributed by atoms with Gasteiger partial charge in [0.15, 0.2) is 0 Å². The van der Waals surface area contributed by atoms with E-state index < -0.39 is 16.7 Å². The molecule has 0 spiro atoms. The van der Waals surface area contributed by atoms with E-state index in [0.29, 0.717) is 0 Å². The molecule has 0 saturated carbocycles. The Hall–Kier alpha value is -0.270. The zero-order valence-corrected chi connectivity index (χ0v) is 7.31. The largest absolute Gasteiger partial charge is 0.345 e. The number of alkyl halides is 2. The maximum atomic E-state index is 11.3. The maximum Gasteiger partial charge on any atom is 0.345 e. The van der Waals surface area contributed by atoms with Crippen LogP contribution in [0.5, 0.6) is 0 Å².